The molecule has 7 rings (SSSR count). The fraction of sp³-hybridized carbons (Fsp3) is 0.929. The summed E-state index contributed by atoms with van der Waals surface area (Å²) in [6.45, 7) is -3.40. The van der Waals surface area contributed by atoms with Crippen molar-refractivity contribution in [3.8, 4) is 0 Å². The third-order valence-electron chi connectivity index (χ3n) is 17.9. The summed E-state index contributed by atoms with van der Waals surface area (Å²) < 4.78 is 82.3. The summed E-state index contributed by atoms with van der Waals surface area (Å²) in [5.41, 5.74) is 0. The monoisotopic (exact) mass is 1460 g/mol. The summed E-state index contributed by atoms with van der Waals surface area (Å²) in [4.78, 5) is 50.5. The van der Waals surface area contributed by atoms with Crippen LogP contribution in [0.1, 0.15) is 34.6 Å². The molecule has 26 N–H and O–H groups in total. The second-order valence-corrected chi connectivity index (χ2v) is 25.1. The molecule has 0 spiro atoms. The van der Waals surface area contributed by atoms with E-state index < -0.39 is 316 Å². The zero-order valence-corrected chi connectivity index (χ0v) is 54.4. The van der Waals surface area contributed by atoms with Gasteiger partial charge in [0.2, 0.25) is 23.6 Å². The first kappa shape index (κ1) is 83.7. The molecule has 100 heavy (non-hydrogen) atoms. The molecule has 0 saturated carbocycles. The van der Waals surface area contributed by atoms with Crippen LogP contribution in [0.15, 0.2) is 0 Å². The third-order valence-corrected chi connectivity index (χ3v) is 17.9. The molecule has 580 valence electrons. The first-order chi connectivity index (χ1) is 47.2. The molecule has 44 nitrogen and oxygen atoms in total. The van der Waals surface area contributed by atoms with Crippen LogP contribution in [-0.4, -0.2) is 428 Å². The molecule has 7 fully saturated rings. The van der Waals surface area contributed by atoms with Crippen molar-refractivity contribution in [1.82, 2.24) is 21.3 Å². The lowest BCUT2D eigenvalue weighted by molar-refractivity contribution is -0.401. The number of carbonyl (C=O) groups is 4. The van der Waals surface area contributed by atoms with Crippen LogP contribution < -0.4 is 21.3 Å². The van der Waals surface area contributed by atoms with Gasteiger partial charge in [-0.05, 0) is 6.92 Å². The molecule has 7 aliphatic rings. The molecule has 7 heterocycles. The SMILES string of the molecule is CC(=O)N[C@H]1[C@H](OC[C@@H](O)[C@H](O)[C@H](O[C@@H]2O[C@H](CO)[C@H](O)[C@H](O[C@@H]3O[C@H](CO)[C@@H](O[C@@H]4O[C@H](CO)[C@H](O)[C@H](O[C@H]5O[C@H](CO)[C@H](O)[C@H](O)[C@H]5NC(C)=O)[C@H]4O[C@@H]4O[C@@H](C)[C@@H](O)[C@@H](O)[C@@H]4O)[C@H](O)[C@H]3NC(C)=O)[C@H]2O)[C@H](CO)NC(C)=O)O[C@H](CO)[C@@H](O[C@@H]2O[C@H](CO)[C@H](O)[C@H](O)[C@H]2O)[C@@H]1O. The second kappa shape index (κ2) is 37.1. The van der Waals surface area contributed by atoms with Gasteiger partial charge >= 0.3 is 0 Å². The van der Waals surface area contributed by atoms with Gasteiger partial charge in [-0.3, -0.25) is 19.2 Å². The molecule has 39 atom stereocenters. The molecule has 0 aliphatic carbocycles. The minimum atomic E-state index is -2.41. The van der Waals surface area contributed by atoms with Crippen molar-refractivity contribution < 1.29 is 198 Å². The lowest BCUT2D eigenvalue weighted by Crippen LogP contribution is -2.71. The molecule has 7 aliphatic heterocycles. The third kappa shape index (κ3) is 19.2. The molecule has 4 amide bonds. The van der Waals surface area contributed by atoms with Crippen LogP contribution >= 0.6 is 0 Å². The van der Waals surface area contributed by atoms with E-state index in [1.807, 2.05) is 0 Å². The van der Waals surface area contributed by atoms with Crippen LogP contribution in [0.25, 0.3) is 0 Å². The number of hydrogen-bond acceptors (Lipinski definition) is 40. The summed E-state index contributed by atoms with van der Waals surface area (Å²) in [6, 6.07) is -7.21. The number of aliphatic hydroxyl groups excluding tert-OH is 22. The standard InChI is InChI=1S/C56H96N4O40/c1-14-30(73)39(82)41(84)53(88-14)100-49-48(99-51-27(58-16(3)69)36(79)32(75)21(7-62)89-51)35(78)24(10-65)92-56(49)97-46-26(12-67)94-52(29(38(46)81)60-18(5)71)98-47-34(77)23(9-64)91-55(43(47)86)95-44(19(6-61)57-15(2)68)31(74)20(72)13-87-50-28(59-17(4)70)37(80)45(25(11-66)93-50)96-54-42(85)40(83)33(76)22(8-63)90-54/h14,19-56,61-67,72-86H,6-13H2,1-5H3,(H,57,68)(H,58,69)(H,59,70)(H,60,71)/t14-,19-,20+,21+,22+,23+,24+,25+,26+,27+,28+,29+,30+,31-,32-,33-,34-,35-,36+,37+,38+,39+,40-,41-,42+,43+,44+,45+,46+,47-,48-,49+,50+,51+,52-,53-,54-,55-,56-/m0/s1. The lowest BCUT2D eigenvalue weighted by Gasteiger charge is -2.51. The zero-order valence-electron chi connectivity index (χ0n) is 54.4. The van der Waals surface area contributed by atoms with E-state index in [0.29, 0.717) is 0 Å². The molecule has 0 radical (unpaired) electrons. The fourth-order valence-corrected chi connectivity index (χ4v) is 12.5. The highest BCUT2D eigenvalue weighted by molar-refractivity contribution is 5.74. The average Bonchev–Trinajstić information content (AvgIpc) is 0.685. The van der Waals surface area contributed by atoms with E-state index in [-0.39, 0.29) is 0 Å². The first-order valence-electron chi connectivity index (χ1n) is 31.9. The van der Waals surface area contributed by atoms with E-state index >= 15 is 0 Å². The topological polar surface area (TPSA) is 691 Å². The Hall–Kier alpha value is -3.56. The van der Waals surface area contributed by atoms with Crippen LogP contribution in [0.3, 0.4) is 0 Å². The van der Waals surface area contributed by atoms with E-state index in [1.54, 1.807) is 0 Å². The predicted molar refractivity (Wildman–Crippen MR) is 312 cm³/mol. The summed E-state index contributed by atoms with van der Waals surface area (Å²) in [7, 11) is 0. The van der Waals surface area contributed by atoms with Gasteiger partial charge in [0, 0.05) is 27.7 Å². The smallest absolute Gasteiger partial charge is 0.217 e. The Balaban J connectivity index is 1.14. The maximum atomic E-state index is 13.0. The van der Waals surface area contributed by atoms with Gasteiger partial charge in [0.05, 0.1) is 65.0 Å². The van der Waals surface area contributed by atoms with Gasteiger partial charge in [0.15, 0.2) is 44.0 Å². The van der Waals surface area contributed by atoms with E-state index in [0.717, 1.165) is 27.7 Å². The largest absolute Gasteiger partial charge is 0.394 e. The minimum absolute atomic E-state index is 0.827. The van der Waals surface area contributed by atoms with Gasteiger partial charge < -0.3 is 200 Å². The number of rotatable bonds is 29. The van der Waals surface area contributed by atoms with Crippen LogP contribution in [0.4, 0.5) is 0 Å². The van der Waals surface area contributed by atoms with Crippen molar-refractivity contribution in [3.05, 3.63) is 0 Å². The summed E-state index contributed by atoms with van der Waals surface area (Å²) in [5.74, 6) is -3.53. The summed E-state index contributed by atoms with van der Waals surface area (Å²) in [5, 5.41) is 251. The van der Waals surface area contributed by atoms with E-state index in [2.05, 4.69) is 21.3 Å². The maximum absolute atomic E-state index is 13.0. The summed E-state index contributed by atoms with van der Waals surface area (Å²) in [6.07, 6.45) is -69.8. The minimum Gasteiger partial charge on any atom is -0.394 e. The Kier molecular flexibility index (Phi) is 31.1. The van der Waals surface area contributed by atoms with Gasteiger partial charge in [-0.2, -0.15) is 0 Å². The number of nitrogens with one attached hydrogen (secondary N) is 4. The summed E-state index contributed by atoms with van der Waals surface area (Å²) >= 11 is 0. The van der Waals surface area contributed by atoms with Crippen LogP contribution in [0.5, 0.6) is 0 Å². The van der Waals surface area contributed by atoms with E-state index in [4.69, 9.17) is 66.3 Å². The highest BCUT2D eigenvalue weighted by Crippen LogP contribution is 2.39. The molecule has 44 heteroatoms. The Labute approximate surface area is 568 Å². The second-order valence-electron chi connectivity index (χ2n) is 25.1. The number of amides is 4. The molecule has 0 unspecified atom stereocenters. The zero-order chi connectivity index (χ0) is 74.2. The van der Waals surface area contributed by atoms with Gasteiger partial charge in [0.25, 0.3) is 0 Å². The molecular weight excluding hydrogens is 1370 g/mol. The first-order valence-corrected chi connectivity index (χ1v) is 31.9. The van der Waals surface area contributed by atoms with Crippen LogP contribution in [0.2, 0.25) is 0 Å². The van der Waals surface area contributed by atoms with Crippen LogP contribution in [-0.2, 0) is 85.5 Å². The Morgan fingerprint density at radius 2 is 0.730 bits per heavy atom. The van der Waals surface area contributed by atoms with Crippen LogP contribution in [0, 0.1) is 0 Å². The van der Waals surface area contributed by atoms with Gasteiger partial charge in [-0.25, -0.2) is 0 Å². The highest BCUT2D eigenvalue weighted by atomic mass is 16.8. The Bertz CT molecular complexity index is 2570. The average molecular weight is 1470 g/mol. The molecule has 0 aromatic heterocycles. The van der Waals surface area contributed by atoms with Gasteiger partial charge in [-0.1, -0.05) is 0 Å². The lowest BCUT2D eigenvalue weighted by atomic mass is 9.93. The molecule has 0 bridgehead atoms. The van der Waals surface area contributed by atoms with Crippen molar-refractivity contribution in [1.29, 1.82) is 0 Å². The van der Waals surface area contributed by atoms with E-state index in [9.17, 15) is 132 Å². The van der Waals surface area contributed by atoms with Crippen molar-refractivity contribution in [2.24, 2.45) is 0 Å². The van der Waals surface area contributed by atoms with Gasteiger partial charge in [0.1, 0.15) is 183 Å². The van der Waals surface area contributed by atoms with Crippen molar-refractivity contribution in [2.45, 2.75) is 274 Å². The number of carbonyl (C=O) groups excluding carboxylic acids is 4. The van der Waals surface area contributed by atoms with Gasteiger partial charge in [-0.15, -0.1) is 0 Å². The quantitative estimate of drug-likeness (QED) is 0.0331. The predicted octanol–water partition coefficient (Wildman–Crippen LogP) is -17.2. The molecular formula is C56H96N4O40. The van der Waals surface area contributed by atoms with Crippen molar-refractivity contribution >= 4 is 23.6 Å². The Morgan fingerprint density at radius 1 is 0.360 bits per heavy atom. The maximum Gasteiger partial charge on any atom is 0.217 e. The number of aliphatic hydroxyl groups is 22. The van der Waals surface area contributed by atoms with E-state index in [1.165, 1.54) is 6.92 Å². The normalized spacial score (nSPS) is 45.4. The molecule has 0 aromatic carbocycles. The Morgan fingerprint density at radius 3 is 1.22 bits per heavy atom. The fourth-order valence-electron chi connectivity index (χ4n) is 12.5. The van der Waals surface area contributed by atoms with Crippen molar-refractivity contribution in [2.75, 3.05) is 52.9 Å². The molecule has 7 saturated heterocycles. The highest BCUT2D eigenvalue weighted by Gasteiger charge is 2.60. The molecule has 0 aromatic rings. The van der Waals surface area contributed by atoms with Crippen molar-refractivity contribution in [3.63, 3.8) is 0 Å². The number of hydrogen-bond donors (Lipinski definition) is 26. The number of ether oxygens (including phenoxy) is 14.